The molecule has 7 heteroatoms. The van der Waals surface area contributed by atoms with E-state index in [0.29, 0.717) is 11.5 Å². The normalized spacial score (nSPS) is 10.7. The molecular weight excluding hydrogens is 367 g/mol. The first-order valence-electron chi connectivity index (χ1n) is 8.06. The van der Waals surface area contributed by atoms with Gasteiger partial charge in [0.2, 0.25) is 0 Å². The van der Waals surface area contributed by atoms with Crippen LogP contribution in [0.1, 0.15) is 10.4 Å². The molecule has 3 aromatic rings. The second kappa shape index (κ2) is 8.43. The van der Waals surface area contributed by atoms with Crippen molar-refractivity contribution in [2.45, 2.75) is 0 Å². The third kappa shape index (κ3) is 4.90. The monoisotopic (exact) mass is 384 g/mol. The largest absolute Gasteiger partial charge is 0.647 e. The summed E-state index contributed by atoms with van der Waals surface area (Å²) in [5.74, 6) is -0.00394. The third-order valence-electron chi connectivity index (χ3n) is 3.42. The molecule has 3 rings (SSSR count). The van der Waals surface area contributed by atoms with Crippen molar-refractivity contribution in [1.82, 2.24) is 0 Å². The Kier molecular flexibility index (Phi) is 5.79. The zero-order chi connectivity index (χ0) is 19.1. The van der Waals surface area contributed by atoms with Crippen LogP contribution in [0.3, 0.4) is 0 Å². The van der Waals surface area contributed by atoms with Gasteiger partial charge in [-0.15, -0.1) is 0 Å². The van der Waals surface area contributed by atoms with Crippen LogP contribution in [0.4, 0.5) is 0 Å². The number of carbonyl (C=O) groups excluding carboxylic acids is 1. The van der Waals surface area contributed by atoms with Crippen molar-refractivity contribution in [3.05, 3.63) is 90.5 Å². The van der Waals surface area contributed by atoms with Crippen LogP contribution in [0.15, 0.2) is 84.9 Å². The van der Waals surface area contributed by atoms with Crippen LogP contribution in [-0.2, 0) is 9.30 Å². The summed E-state index contributed by atoms with van der Waals surface area (Å²) in [6, 6.07) is 23.2. The van der Waals surface area contributed by atoms with E-state index in [0.717, 1.165) is 0 Å². The van der Waals surface area contributed by atoms with Crippen LogP contribution in [0, 0.1) is 0 Å². The van der Waals surface area contributed by atoms with Crippen molar-refractivity contribution < 1.29 is 27.7 Å². The smallest absolute Gasteiger partial charge is 0.465 e. The molecule has 0 saturated carbocycles. The molecule has 0 N–H and O–H groups in total. The van der Waals surface area contributed by atoms with Gasteiger partial charge in [0, 0.05) is 0 Å². The maximum absolute atomic E-state index is 13.4. The Morgan fingerprint density at radius 3 is 1.70 bits per heavy atom. The number of rotatable bonds is 7. The fourth-order valence-corrected chi connectivity index (χ4v) is 3.49. The highest BCUT2D eigenvalue weighted by Gasteiger charge is 2.34. The molecule has 6 nitrogen and oxygen atoms in total. The standard InChI is InChI=1S/C20H17O6P/c1-23-20(21)18-14-8-9-15-19(18)26-27(22,24-16-10-4-2-5-11-16)25-17-12-6-3-7-13-17/h2-15H,1H3. The average molecular weight is 384 g/mol. The van der Waals surface area contributed by atoms with Gasteiger partial charge in [-0.05, 0) is 36.4 Å². The highest BCUT2D eigenvalue weighted by Crippen LogP contribution is 2.50. The SMILES string of the molecule is COC(=O)c1ccccc1OP(=O)(Oc1ccccc1)Oc1ccccc1. The van der Waals surface area contributed by atoms with Crippen molar-refractivity contribution >= 4 is 13.8 Å². The molecule has 0 fully saturated rings. The van der Waals surface area contributed by atoms with Gasteiger partial charge in [0.25, 0.3) is 0 Å². The van der Waals surface area contributed by atoms with E-state index in [1.165, 1.54) is 19.2 Å². The van der Waals surface area contributed by atoms with Crippen LogP contribution in [0.25, 0.3) is 0 Å². The fourth-order valence-electron chi connectivity index (χ4n) is 2.22. The molecule has 0 spiro atoms. The summed E-state index contributed by atoms with van der Waals surface area (Å²) < 4.78 is 34.8. The lowest BCUT2D eigenvalue weighted by Crippen LogP contribution is -2.10. The highest BCUT2D eigenvalue weighted by atomic mass is 31.2. The van der Waals surface area contributed by atoms with Crippen LogP contribution < -0.4 is 13.6 Å². The van der Waals surface area contributed by atoms with Gasteiger partial charge in [0.15, 0.2) is 0 Å². The second-order valence-electron chi connectivity index (χ2n) is 5.33. The molecule has 3 aromatic carbocycles. The number of ether oxygens (including phenoxy) is 1. The van der Waals surface area contributed by atoms with E-state index in [2.05, 4.69) is 0 Å². The molecular formula is C20H17O6P. The lowest BCUT2D eigenvalue weighted by Gasteiger charge is -2.20. The number of hydrogen-bond acceptors (Lipinski definition) is 6. The molecule has 27 heavy (non-hydrogen) atoms. The third-order valence-corrected chi connectivity index (χ3v) is 4.71. The van der Waals surface area contributed by atoms with Gasteiger partial charge in [-0.1, -0.05) is 48.5 Å². The number of methoxy groups -OCH3 is 1. The lowest BCUT2D eigenvalue weighted by atomic mass is 10.2. The molecule has 0 aliphatic heterocycles. The van der Waals surface area contributed by atoms with E-state index in [1.807, 2.05) is 0 Å². The van der Waals surface area contributed by atoms with E-state index < -0.39 is 13.8 Å². The molecule has 138 valence electrons. The van der Waals surface area contributed by atoms with Crippen molar-refractivity contribution in [2.75, 3.05) is 7.11 Å². The first-order chi connectivity index (χ1) is 13.1. The van der Waals surface area contributed by atoms with Crippen LogP contribution >= 0.6 is 7.82 Å². The maximum Gasteiger partial charge on any atom is 0.647 e. The van der Waals surface area contributed by atoms with E-state index in [1.54, 1.807) is 72.8 Å². The fraction of sp³-hybridized carbons (Fsp3) is 0.0500. The van der Waals surface area contributed by atoms with Gasteiger partial charge >= 0.3 is 13.8 Å². The Bertz CT molecular complexity index is 897. The summed E-state index contributed by atoms with van der Waals surface area (Å²) in [6.07, 6.45) is 0. The zero-order valence-corrected chi connectivity index (χ0v) is 15.4. The molecule has 0 atom stereocenters. The molecule has 0 unspecified atom stereocenters. The first kappa shape index (κ1) is 18.5. The van der Waals surface area contributed by atoms with Crippen LogP contribution in [-0.4, -0.2) is 13.1 Å². The van der Waals surface area contributed by atoms with Crippen molar-refractivity contribution in [3.8, 4) is 17.2 Å². The summed E-state index contributed by atoms with van der Waals surface area (Å²) in [6.45, 7) is 0. The van der Waals surface area contributed by atoms with Crippen molar-refractivity contribution in [3.63, 3.8) is 0 Å². The lowest BCUT2D eigenvalue weighted by molar-refractivity contribution is 0.0598. The summed E-state index contributed by atoms with van der Waals surface area (Å²) in [7, 11) is -2.92. The Hall–Kier alpha value is -3.24. The maximum atomic E-state index is 13.4. The summed E-state index contributed by atoms with van der Waals surface area (Å²) >= 11 is 0. The molecule has 0 amide bonds. The molecule has 0 aliphatic carbocycles. The van der Waals surface area contributed by atoms with Gasteiger partial charge < -0.3 is 18.3 Å². The predicted octanol–water partition coefficient (Wildman–Crippen LogP) is 5.12. The van der Waals surface area contributed by atoms with Crippen LogP contribution in [0.2, 0.25) is 0 Å². The zero-order valence-electron chi connectivity index (χ0n) is 14.5. The molecule has 0 aliphatic rings. The topological polar surface area (TPSA) is 71.1 Å². The number of hydrogen-bond donors (Lipinski definition) is 0. The molecule has 0 aromatic heterocycles. The van der Waals surface area contributed by atoms with E-state index in [9.17, 15) is 9.36 Å². The Morgan fingerprint density at radius 1 is 0.704 bits per heavy atom. The van der Waals surface area contributed by atoms with Crippen LogP contribution in [0.5, 0.6) is 17.2 Å². The quantitative estimate of drug-likeness (QED) is 0.416. The number of carbonyl (C=O) groups is 1. The number of para-hydroxylation sites is 3. The van der Waals surface area contributed by atoms with E-state index >= 15 is 0 Å². The number of esters is 1. The van der Waals surface area contributed by atoms with E-state index in [-0.39, 0.29) is 11.3 Å². The van der Waals surface area contributed by atoms with E-state index in [4.69, 9.17) is 18.3 Å². The number of benzene rings is 3. The van der Waals surface area contributed by atoms with Gasteiger partial charge in [-0.25, -0.2) is 4.79 Å². The Morgan fingerprint density at radius 2 is 1.19 bits per heavy atom. The summed E-state index contributed by atoms with van der Waals surface area (Å²) in [4.78, 5) is 12.0. The second-order valence-corrected chi connectivity index (χ2v) is 6.78. The van der Waals surface area contributed by atoms with Gasteiger partial charge in [0.1, 0.15) is 22.8 Å². The van der Waals surface area contributed by atoms with Gasteiger partial charge in [0.05, 0.1) is 7.11 Å². The number of phosphoric acid groups is 1. The number of phosphoric ester groups is 1. The molecule has 0 heterocycles. The minimum absolute atomic E-state index is 0.0274. The highest BCUT2D eigenvalue weighted by molar-refractivity contribution is 7.49. The van der Waals surface area contributed by atoms with Gasteiger partial charge in [-0.3, -0.25) is 0 Å². The van der Waals surface area contributed by atoms with Crippen molar-refractivity contribution in [2.24, 2.45) is 0 Å². The predicted molar refractivity (Wildman–Crippen MR) is 100 cm³/mol. The minimum Gasteiger partial charge on any atom is -0.465 e. The Balaban J connectivity index is 1.95. The van der Waals surface area contributed by atoms with Crippen molar-refractivity contribution in [1.29, 1.82) is 0 Å². The summed E-state index contributed by atoms with van der Waals surface area (Å²) in [5, 5.41) is 0. The first-order valence-corrected chi connectivity index (χ1v) is 9.52. The molecule has 0 radical (unpaired) electrons. The molecule has 0 saturated heterocycles. The average Bonchev–Trinajstić information content (AvgIpc) is 2.69. The molecule has 0 bridgehead atoms. The van der Waals surface area contributed by atoms with Gasteiger partial charge in [-0.2, -0.15) is 4.57 Å². The minimum atomic E-state index is -4.17. The summed E-state index contributed by atoms with van der Waals surface area (Å²) in [5.41, 5.74) is 0.105. The Labute approximate surface area is 156 Å².